The number of morpholine rings is 1. The van der Waals surface area contributed by atoms with Crippen LogP contribution in [0.4, 0.5) is 0 Å². The van der Waals surface area contributed by atoms with Crippen LogP contribution < -0.4 is 5.32 Å². The summed E-state index contributed by atoms with van der Waals surface area (Å²) in [6, 6.07) is 2.13. The Morgan fingerprint density at radius 1 is 1.65 bits per heavy atom. The molecule has 0 spiro atoms. The molecule has 4 nitrogen and oxygen atoms in total. The zero-order valence-corrected chi connectivity index (χ0v) is 10.4. The van der Waals surface area contributed by atoms with E-state index in [1.54, 1.807) is 12.4 Å². The first-order valence-electron chi connectivity index (χ1n) is 6.04. The fourth-order valence-corrected chi connectivity index (χ4v) is 2.37. The predicted octanol–water partition coefficient (Wildman–Crippen LogP) is 0.976. The van der Waals surface area contributed by atoms with Crippen LogP contribution in [-0.4, -0.2) is 35.9 Å². The molecule has 2 heterocycles. The molecule has 0 amide bonds. The van der Waals surface area contributed by atoms with Crippen LogP contribution in [0.25, 0.3) is 0 Å². The fraction of sp³-hybridized carbons (Fsp3) is 0.615. The molecule has 1 aliphatic heterocycles. The Morgan fingerprint density at radius 2 is 2.47 bits per heavy atom. The van der Waals surface area contributed by atoms with E-state index in [1.807, 2.05) is 19.9 Å². The van der Waals surface area contributed by atoms with Crippen LogP contribution in [0.5, 0.6) is 0 Å². The summed E-state index contributed by atoms with van der Waals surface area (Å²) in [6.45, 7) is 6.11. The summed E-state index contributed by atoms with van der Waals surface area (Å²) in [7, 11) is 0. The van der Waals surface area contributed by atoms with E-state index in [4.69, 9.17) is 4.74 Å². The summed E-state index contributed by atoms with van der Waals surface area (Å²) >= 11 is 0. The molecule has 1 aromatic heterocycles. The summed E-state index contributed by atoms with van der Waals surface area (Å²) in [5, 5.41) is 13.9. The molecule has 0 aromatic carbocycles. The van der Waals surface area contributed by atoms with Crippen molar-refractivity contribution >= 4 is 0 Å². The molecule has 1 aliphatic rings. The molecule has 1 fully saturated rings. The summed E-state index contributed by atoms with van der Waals surface area (Å²) in [4.78, 5) is 4.09. The highest BCUT2D eigenvalue weighted by atomic mass is 16.5. The number of nitrogens with zero attached hydrogens (tertiary/aromatic N) is 1. The third-order valence-corrected chi connectivity index (χ3v) is 3.26. The molecule has 94 valence electrons. The number of hydrogen-bond donors (Lipinski definition) is 2. The van der Waals surface area contributed by atoms with Crippen molar-refractivity contribution in [3.8, 4) is 0 Å². The highest BCUT2D eigenvalue weighted by Gasteiger charge is 2.29. The molecule has 0 saturated carbocycles. The maximum absolute atomic E-state index is 10.6. The van der Waals surface area contributed by atoms with Crippen molar-refractivity contribution in [2.24, 2.45) is 0 Å². The Morgan fingerprint density at radius 3 is 3.12 bits per heavy atom. The van der Waals surface area contributed by atoms with Gasteiger partial charge >= 0.3 is 0 Å². The summed E-state index contributed by atoms with van der Waals surface area (Å²) < 4.78 is 5.40. The monoisotopic (exact) mass is 236 g/mol. The highest BCUT2D eigenvalue weighted by Crippen LogP contribution is 2.28. The lowest BCUT2D eigenvalue weighted by Crippen LogP contribution is -2.45. The number of aromatic nitrogens is 1. The van der Waals surface area contributed by atoms with Gasteiger partial charge < -0.3 is 15.2 Å². The van der Waals surface area contributed by atoms with Gasteiger partial charge in [-0.05, 0) is 31.9 Å². The van der Waals surface area contributed by atoms with Crippen molar-refractivity contribution in [1.82, 2.24) is 10.3 Å². The Balaban J connectivity index is 2.10. The molecule has 17 heavy (non-hydrogen) atoms. The lowest BCUT2D eigenvalue weighted by molar-refractivity contribution is 0.00265. The first kappa shape index (κ1) is 12.5. The average molecular weight is 236 g/mol. The van der Waals surface area contributed by atoms with Crippen molar-refractivity contribution in [2.45, 2.75) is 31.9 Å². The summed E-state index contributed by atoms with van der Waals surface area (Å²) in [5.41, 5.74) is 1.10. The third kappa shape index (κ3) is 3.03. The van der Waals surface area contributed by atoms with Gasteiger partial charge in [0.15, 0.2) is 0 Å². The molecular weight excluding hydrogens is 216 g/mol. The van der Waals surface area contributed by atoms with E-state index in [9.17, 15) is 5.11 Å². The Hall–Kier alpha value is -0.970. The van der Waals surface area contributed by atoms with Crippen molar-refractivity contribution in [3.05, 3.63) is 29.6 Å². The van der Waals surface area contributed by atoms with Gasteiger partial charge in [0, 0.05) is 30.5 Å². The highest BCUT2D eigenvalue weighted by molar-refractivity contribution is 5.27. The Labute approximate surface area is 102 Å². The van der Waals surface area contributed by atoms with Gasteiger partial charge in [0.2, 0.25) is 0 Å². The molecule has 2 atom stereocenters. The van der Waals surface area contributed by atoms with Gasteiger partial charge in [0.25, 0.3) is 0 Å². The van der Waals surface area contributed by atoms with Crippen molar-refractivity contribution in [3.63, 3.8) is 0 Å². The van der Waals surface area contributed by atoms with Crippen molar-refractivity contribution in [1.29, 1.82) is 0 Å². The molecule has 1 aromatic rings. The molecule has 1 saturated heterocycles. The molecule has 2 rings (SSSR count). The number of aliphatic hydroxyl groups is 1. The smallest absolute Gasteiger partial charge is 0.0901 e. The third-order valence-electron chi connectivity index (χ3n) is 3.26. The molecular formula is C13H20N2O2. The van der Waals surface area contributed by atoms with E-state index >= 15 is 0 Å². The average Bonchev–Trinajstić information content (AvgIpc) is 2.30. The first-order valence-corrected chi connectivity index (χ1v) is 6.04. The quantitative estimate of drug-likeness (QED) is 0.821. The van der Waals surface area contributed by atoms with Gasteiger partial charge in [-0.15, -0.1) is 0 Å². The maximum atomic E-state index is 10.6. The molecule has 2 N–H and O–H groups in total. The normalized spacial score (nSPS) is 24.3. The SMILES string of the molecule is Cc1ccncc1C(C)(O)CC1COCCN1. The van der Waals surface area contributed by atoms with E-state index in [0.29, 0.717) is 13.0 Å². The topological polar surface area (TPSA) is 54.4 Å². The van der Waals surface area contributed by atoms with E-state index in [0.717, 1.165) is 24.3 Å². The lowest BCUT2D eigenvalue weighted by Gasteiger charge is -2.32. The molecule has 4 heteroatoms. The second-order valence-corrected chi connectivity index (χ2v) is 4.89. The Kier molecular flexibility index (Phi) is 3.76. The lowest BCUT2D eigenvalue weighted by atomic mass is 9.87. The zero-order chi connectivity index (χ0) is 12.3. The fourth-order valence-electron chi connectivity index (χ4n) is 2.37. The van der Waals surface area contributed by atoms with Crippen LogP contribution in [0.1, 0.15) is 24.5 Å². The zero-order valence-electron chi connectivity index (χ0n) is 10.4. The molecule has 2 unspecified atom stereocenters. The van der Waals surface area contributed by atoms with Gasteiger partial charge in [-0.1, -0.05) is 0 Å². The predicted molar refractivity (Wildman–Crippen MR) is 65.8 cm³/mol. The largest absolute Gasteiger partial charge is 0.385 e. The minimum absolute atomic E-state index is 0.207. The van der Waals surface area contributed by atoms with Gasteiger partial charge in [-0.2, -0.15) is 0 Å². The number of aryl methyl sites for hydroxylation is 1. The van der Waals surface area contributed by atoms with Crippen LogP contribution >= 0.6 is 0 Å². The van der Waals surface area contributed by atoms with Crippen molar-refractivity contribution < 1.29 is 9.84 Å². The van der Waals surface area contributed by atoms with Gasteiger partial charge in [0.1, 0.15) is 0 Å². The number of hydrogen-bond acceptors (Lipinski definition) is 4. The van der Waals surface area contributed by atoms with E-state index in [1.165, 1.54) is 0 Å². The molecule has 0 radical (unpaired) electrons. The summed E-state index contributed by atoms with van der Waals surface area (Å²) in [6.07, 6.45) is 4.13. The Bertz CT molecular complexity index is 373. The van der Waals surface area contributed by atoms with Crippen molar-refractivity contribution in [2.75, 3.05) is 19.8 Å². The molecule has 0 bridgehead atoms. The second-order valence-electron chi connectivity index (χ2n) is 4.89. The number of pyridine rings is 1. The number of ether oxygens (including phenoxy) is 1. The molecule has 0 aliphatic carbocycles. The maximum Gasteiger partial charge on any atom is 0.0901 e. The minimum atomic E-state index is -0.864. The van der Waals surface area contributed by atoms with Gasteiger partial charge in [-0.25, -0.2) is 0 Å². The second kappa shape index (κ2) is 5.12. The minimum Gasteiger partial charge on any atom is -0.385 e. The van der Waals surface area contributed by atoms with E-state index in [2.05, 4.69) is 10.3 Å². The van der Waals surface area contributed by atoms with Crippen LogP contribution in [-0.2, 0) is 10.3 Å². The van der Waals surface area contributed by atoms with Crippen LogP contribution in [0.3, 0.4) is 0 Å². The van der Waals surface area contributed by atoms with E-state index in [-0.39, 0.29) is 6.04 Å². The number of nitrogens with one attached hydrogen (secondary N) is 1. The van der Waals surface area contributed by atoms with Crippen LogP contribution in [0.2, 0.25) is 0 Å². The van der Waals surface area contributed by atoms with Crippen LogP contribution in [0.15, 0.2) is 18.5 Å². The van der Waals surface area contributed by atoms with Gasteiger partial charge in [-0.3, -0.25) is 4.98 Å². The number of rotatable bonds is 3. The summed E-state index contributed by atoms with van der Waals surface area (Å²) in [5.74, 6) is 0. The van der Waals surface area contributed by atoms with Crippen LogP contribution in [0, 0.1) is 6.92 Å². The first-order chi connectivity index (χ1) is 8.09. The van der Waals surface area contributed by atoms with Gasteiger partial charge in [0.05, 0.1) is 18.8 Å². The standard InChI is InChI=1S/C13H20N2O2/c1-10-3-4-14-8-12(10)13(2,16)7-11-9-17-6-5-15-11/h3-4,8,11,15-16H,5-7,9H2,1-2H3. The van der Waals surface area contributed by atoms with E-state index < -0.39 is 5.60 Å².